The maximum atomic E-state index is 11.5. The number of thiophene rings is 1. The quantitative estimate of drug-likeness (QED) is 0.943. The van der Waals surface area contributed by atoms with Gasteiger partial charge in [0.2, 0.25) is 0 Å². The summed E-state index contributed by atoms with van der Waals surface area (Å²) in [5, 5.41) is 11.5. The molecule has 1 aliphatic rings. The molecule has 2 aromatic rings. The van der Waals surface area contributed by atoms with Crippen LogP contribution >= 0.6 is 11.3 Å². The molecule has 1 N–H and O–H groups in total. The van der Waals surface area contributed by atoms with Gasteiger partial charge in [0.15, 0.2) is 0 Å². The second kappa shape index (κ2) is 5.95. The van der Waals surface area contributed by atoms with Crippen molar-refractivity contribution in [3.63, 3.8) is 0 Å². The molecule has 3 rings (SSSR count). The second-order valence-corrected chi connectivity index (χ2v) is 6.34. The van der Waals surface area contributed by atoms with Crippen molar-refractivity contribution >= 4 is 17.3 Å². The number of pyridine rings is 1. The van der Waals surface area contributed by atoms with Gasteiger partial charge >= 0.3 is 5.97 Å². The van der Waals surface area contributed by atoms with Crippen LogP contribution in [-0.4, -0.2) is 33.5 Å². The standard InChI is InChI=1S/C16H18N2O2S/c1-11-5-2-6-12(17-11)15(14-8-4-10-21-14)18-9-3-7-13(18)16(19)20/h2,4-6,8,10,13,15H,3,7,9H2,1H3,(H,19,20). The molecule has 0 aromatic carbocycles. The average Bonchev–Trinajstić information content (AvgIpc) is 3.10. The van der Waals surface area contributed by atoms with Gasteiger partial charge in [0, 0.05) is 17.1 Å². The second-order valence-electron chi connectivity index (χ2n) is 5.36. The van der Waals surface area contributed by atoms with E-state index in [9.17, 15) is 9.90 Å². The summed E-state index contributed by atoms with van der Waals surface area (Å²) in [5.74, 6) is -0.735. The van der Waals surface area contributed by atoms with Gasteiger partial charge in [-0.25, -0.2) is 0 Å². The number of aryl methyl sites for hydroxylation is 1. The summed E-state index contributed by atoms with van der Waals surface area (Å²) in [6, 6.07) is 9.55. The lowest BCUT2D eigenvalue weighted by Gasteiger charge is -2.30. The maximum Gasteiger partial charge on any atom is 0.320 e. The molecular formula is C16H18N2O2S. The summed E-state index contributed by atoms with van der Waals surface area (Å²) in [7, 11) is 0. The Kier molecular flexibility index (Phi) is 4.03. The van der Waals surface area contributed by atoms with Gasteiger partial charge in [-0.15, -0.1) is 11.3 Å². The zero-order valence-corrected chi connectivity index (χ0v) is 12.7. The van der Waals surface area contributed by atoms with Crippen LogP contribution in [0.3, 0.4) is 0 Å². The van der Waals surface area contributed by atoms with Crippen LogP contribution in [0.1, 0.15) is 35.1 Å². The van der Waals surface area contributed by atoms with Gasteiger partial charge in [-0.2, -0.15) is 0 Å². The van der Waals surface area contributed by atoms with Crippen LogP contribution in [0.25, 0.3) is 0 Å². The third-order valence-electron chi connectivity index (χ3n) is 3.91. The Morgan fingerprint density at radius 2 is 2.29 bits per heavy atom. The summed E-state index contributed by atoms with van der Waals surface area (Å²) < 4.78 is 0. The van der Waals surface area contributed by atoms with E-state index in [4.69, 9.17) is 0 Å². The van der Waals surface area contributed by atoms with Crippen LogP contribution < -0.4 is 0 Å². The highest BCUT2D eigenvalue weighted by molar-refractivity contribution is 7.10. The Bertz CT molecular complexity index is 627. The largest absolute Gasteiger partial charge is 0.480 e. The SMILES string of the molecule is Cc1cccc(C(c2cccs2)N2CCCC2C(=O)O)n1. The van der Waals surface area contributed by atoms with Crippen molar-refractivity contribution in [1.82, 2.24) is 9.88 Å². The van der Waals surface area contributed by atoms with E-state index in [1.807, 2.05) is 36.6 Å². The van der Waals surface area contributed by atoms with E-state index in [1.54, 1.807) is 11.3 Å². The molecule has 0 amide bonds. The van der Waals surface area contributed by atoms with Crippen molar-refractivity contribution in [3.8, 4) is 0 Å². The average molecular weight is 302 g/mol. The van der Waals surface area contributed by atoms with Crippen LogP contribution in [0.5, 0.6) is 0 Å². The van der Waals surface area contributed by atoms with Gasteiger partial charge in [0.05, 0.1) is 11.7 Å². The number of carbonyl (C=O) groups is 1. The summed E-state index contributed by atoms with van der Waals surface area (Å²) in [6.07, 6.45) is 1.63. The summed E-state index contributed by atoms with van der Waals surface area (Å²) in [6.45, 7) is 2.77. The third kappa shape index (κ3) is 2.84. The van der Waals surface area contributed by atoms with E-state index < -0.39 is 12.0 Å². The van der Waals surface area contributed by atoms with Crippen molar-refractivity contribution < 1.29 is 9.90 Å². The van der Waals surface area contributed by atoms with Crippen LogP contribution in [0.4, 0.5) is 0 Å². The molecule has 2 aromatic heterocycles. The molecule has 0 saturated carbocycles. The highest BCUT2D eigenvalue weighted by Crippen LogP contribution is 2.36. The van der Waals surface area contributed by atoms with Crippen LogP contribution in [0.2, 0.25) is 0 Å². The zero-order chi connectivity index (χ0) is 14.8. The van der Waals surface area contributed by atoms with E-state index in [1.165, 1.54) is 0 Å². The van der Waals surface area contributed by atoms with Gasteiger partial charge in [-0.1, -0.05) is 12.1 Å². The molecule has 0 radical (unpaired) electrons. The maximum absolute atomic E-state index is 11.5. The molecule has 1 aliphatic heterocycles. The minimum Gasteiger partial charge on any atom is -0.480 e. The third-order valence-corrected chi connectivity index (χ3v) is 4.84. The molecule has 2 unspecified atom stereocenters. The number of hydrogen-bond donors (Lipinski definition) is 1. The number of hydrogen-bond acceptors (Lipinski definition) is 4. The Morgan fingerprint density at radius 3 is 2.95 bits per heavy atom. The number of carboxylic acids is 1. The van der Waals surface area contributed by atoms with Crippen LogP contribution in [0.15, 0.2) is 35.7 Å². The predicted molar refractivity (Wildman–Crippen MR) is 82.5 cm³/mol. The Hall–Kier alpha value is -1.72. The lowest BCUT2D eigenvalue weighted by molar-refractivity contribution is -0.142. The summed E-state index contributed by atoms with van der Waals surface area (Å²) in [5.41, 5.74) is 1.89. The molecule has 2 atom stereocenters. The molecule has 0 bridgehead atoms. The first-order valence-electron chi connectivity index (χ1n) is 7.12. The van der Waals surface area contributed by atoms with Crippen LogP contribution in [-0.2, 0) is 4.79 Å². The number of carboxylic acid groups (broad SMARTS) is 1. The lowest BCUT2D eigenvalue weighted by Crippen LogP contribution is -2.39. The van der Waals surface area contributed by atoms with E-state index in [0.717, 1.165) is 29.2 Å². The summed E-state index contributed by atoms with van der Waals surface area (Å²) >= 11 is 1.66. The molecule has 0 spiro atoms. The van der Waals surface area contributed by atoms with Gasteiger partial charge in [-0.05, 0) is 43.3 Å². The summed E-state index contributed by atoms with van der Waals surface area (Å²) in [4.78, 5) is 19.4. The fraction of sp³-hybridized carbons (Fsp3) is 0.375. The molecule has 5 heteroatoms. The van der Waals surface area contributed by atoms with Gasteiger partial charge in [-0.3, -0.25) is 14.7 Å². The molecule has 4 nitrogen and oxygen atoms in total. The molecule has 3 heterocycles. The molecular weight excluding hydrogens is 284 g/mol. The normalized spacial score (nSPS) is 20.5. The van der Waals surface area contributed by atoms with Crippen molar-refractivity contribution in [2.75, 3.05) is 6.54 Å². The van der Waals surface area contributed by atoms with Gasteiger partial charge in [0.25, 0.3) is 0 Å². The van der Waals surface area contributed by atoms with Crippen molar-refractivity contribution in [2.24, 2.45) is 0 Å². The van der Waals surface area contributed by atoms with Crippen LogP contribution in [0, 0.1) is 6.92 Å². The molecule has 21 heavy (non-hydrogen) atoms. The first-order chi connectivity index (χ1) is 10.2. The number of aliphatic carboxylic acids is 1. The van der Waals surface area contributed by atoms with E-state index in [-0.39, 0.29) is 6.04 Å². The number of likely N-dealkylation sites (tertiary alicyclic amines) is 1. The minimum absolute atomic E-state index is 0.0616. The smallest absolute Gasteiger partial charge is 0.320 e. The fourth-order valence-corrected chi connectivity index (χ4v) is 3.86. The molecule has 1 fully saturated rings. The monoisotopic (exact) mass is 302 g/mol. The first kappa shape index (κ1) is 14.2. The number of aromatic nitrogens is 1. The number of rotatable bonds is 4. The van der Waals surface area contributed by atoms with Gasteiger partial charge < -0.3 is 5.11 Å². The molecule has 110 valence electrons. The Balaban J connectivity index is 2.03. The minimum atomic E-state index is -0.735. The molecule has 1 saturated heterocycles. The van der Waals surface area contributed by atoms with E-state index >= 15 is 0 Å². The number of nitrogens with zero attached hydrogens (tertiary/aromatic N) is 2. The Morgan fingerprint density at radius 1 is 1.43 bits per heavy atom. The predicted octanol–water partition coefficient (Wildman–Crippen LogP) is 3.09. The van der Waals surface area contributed by atoms with Crippen molar-refractivity contribution in [1.29, 1.82) is 0 Å². The van der Waals surface area contributed by atoms with Crippen molar-refractivity contribution in [2.45, 2.75) is 31.8 Å². The first-order valence-corrected chi connectivity index (χ1v) is 8.00. The fourth-order valence-electron chi connectivity index (χ4n) is 3.01. The van der Waals surface area contributed by atoms with E-state index in [0.29, 0.717) is 6.42 Å². The zero-order valence-electron chi connectivity index (χ0n) is 11.9. The topological polar surface area (TPSA) is 53.4 Å². The van der Waals surface area contributed by atoms with Gasteiger partial charge in [0.1, 0.15) is 6.04 Å². The Labute approximate surface area is 128 Å². The van der Waals surface area contributed by atoms with Crippen molar-refractivity contribution in [3.05, 3.63) is 52.0 Å². The molecule has 0 aliphatic carbocycles. The highest BCUT2D eigenvalue weighted by Gasteiger charge is 2.37. The highest BCUT2D eigenvalue weighted by atomic mass is 32.1. The van der Waals surface area contributed by atoms with E-state index in [2.05, 4.69) is 16.0 Å². The lowest BCUT2D eigenvalue weighted by atomic mass is 10.1.